The van der Waals surface area contributed by atoms with Gasteiger partial charge in [0.1, 0.15) is 0 Å². The number of aryl methyl sites for hydroxylation is 2. The van der Waals surface area contributed by atoms with Crippen LogP contribution in [0.5, 0.6) is 0 Å². The molecule has 1 atom stereocenters. The second kappa shape index (κ2) is 8.00. The Balaban J connectivity index is 1.59. The summed E-state index contributed by atoms with van der Waals surface area (Å²) in [5.74, 6) is 0.912. The van der Waals surface area contributed by atoms with Gasteiger partial charge in [-0.05, 0) is 32.9 Å². The van der Waals surface area contributed by atoms with Gasteiger partial charge in [0.15, 0.2) is 5.82 Å². The Labute approximate surface area is 147 Å². The maximum Gasteiger partial charge on any atom is 0.151 e. The topological polar surface area (TPSA) is 54.4 Å². The van der Waals surface area contributed by atoms with Crippen molar-refractivity contribution in [2.24, 2.45) is 0 Å². The van der Waals surface area contributed by atoms with Gasteiger partial charge in [0.25, 0.3) is 0 Å². The van der Waals surface area contributed by atoms with E-state index in [-0.39, 0.29) is 6.10 Å². The summed E-state index contributed by atoms with van der Waals surface area (Å²) in [5, 5.41) is 9.34. The van der Waals surface area contributed by atoms with E-state index in [1.807, 2.05) is 12.1 Å². The highest BCUT2D eigenvalue weighted by atomic mass is 32.1. The number of rotatable bonds is 6. The molecule has 0 aromatic carbocycles. The molecule has 1 unspecified atom stereocenters. The summed E-state index contributed by atoms with van der Waals surface area (Å²) in [4.78, 5) is 10.6. The van der Waals surface area contributed by atoms with E-state index in [2.05, 4.69) is 45.8 Å². The first kappa shape index (κ1) is 17.3. The van der Waals surface area contributed by atoms with Crippen LogP contribution in [0.25, 0.3) is 0 Å². The van der Waals surface area contributed by atoms with Crippen molar-refractivity contribution in [1.29, 1.82) is 0 Å². The molecular formula is C17H25N5OS. The van der Waals surface area contributed by atoms with Gasteiger partial charge in [-0.1, -0.05) is 0 Å². The lowest BCUT2D eigenvalue weighted by Gasteiger charge is -2.35. The second-order valence-electron chi connectivity index (χ2n) is 6.09. The molecule has 1 fully saturated rings. The smallest absolute Gasteiger partial charge is 0.151 e. The van der Waals surface area contributed by atoms with Crippen molar-refractivity contribution in [3.05, 3.63) is 33.9 Å². The SMILES string of the molecule is CCN(CC1CN(Cc2sc(C)nc2C)CCO1)c1cccnn1. The molecule has 24 heavy (non-hydrogen) atoms. The summed E-state index contributed by atoms with van der Waals surface area (Å²) in [6.07, 6.45) is 1.89. The average molecular weight is 347 g/mol. The van der Waals surface area contributed by atoms with Crippen LogP contribution in [0.4, 0.5) is 5.82 Å². The first-order chi connectivity index (χ1) is 11.7. The van der Waals surface area contributed by atoms with E-state index >= 15 is 0 Å². The molecule has 0 radical (unpaired) electrons. The quantitative estimate of drug-likeness (QED) is 0.799. The highest BCUT2D eigenvalue weighted by Gasteiger charge is 2.24. The number of morpholine rings is 1. The van der Waals surface area contributed by atoms with Crippen LogP contribution in [-0.4, -0.2) is 59.0 Å². The van der Waals surface area contributed by atoms with Gasteiger partial charge in [-0.25, -0.2) is 4.98 Å². The fraction of sp³-hybridized carbons (Fsp3) is 0.588. The maximum atomic E-state index is 5.99. The van der Waals surface area contributed by atoms with E-state index in [1.165, 1.54) is 4.88 Å². The molecule has 130 valence electrons. The maximum absolute atomic E-state index is 5.99. The molecule has 0 aliphatic carbocycles. The van der Waals surface area contributed by atoms with Crippen LogP contribution in [0.2, 0.25) is 0 Å². The zero-order valence-corrected chi connectivity index (χ0v) is 15.4. The number of thiazole rings is 1. The first-order valence-electron chi connectivity index (χ1n) is 8.45. The van der Waals surface area contributed by atoms with E-state index in [1.54, 1.807) is 17.5 Å². The predicted octanol–water partition coefficient (Wildman–Crippen LogP) is 2.28. The normalized spacial score (nSPS) is 18.7. The Kier molecular flexibility index (Phi) is 5.76. The third-order valence-electron chi connectivity index (χ3n) is 4.28. The van der Waals surface area contributed by atoms with E-state index in [0.717, 1.165) is 55.9 Å². The van der Waals surface area contributed by atoms with Crippen molar-refractivity contribution in [3.63, 3.8) is 0 Å². The number of hydrogen-bond donors (Lipinski definition) is 0. The number of anilines is 1. The zero-order chi connectivity index (χ0) is 16.9. The molecule has 3 heterocycles. The van der Waals surface area contributed by atoms with Crippen molar-refractivity contribution in [1.82, 2.24) is 20.1 Å². The van der Waals surface area contributed by atoms with Crippen LogP contribution >= 0.6 is 11.3 Å². The van der Waals surface area contributed by atoms with Gasteiger partial charge < -0.3 is 9.64 Å². The third-order valence-corrected chi connectivity index (χ3v) is 5.34. The molecule has 0 N–H and O–H groups in total. The lowest BCUT2D eigenvalue weighted by Crippen LogP contribution is -2.47. The number of hydrogen-bond acceptors (Lipinski definition) is 7. The average Bonchev–Trinajstić information content (AvgIpc) is 2.91. The number of nitrogens with zero attached hydrogens (tertiary/aromatic N) is 5. The molecule has 1 aliphatic rings. The molecule has 2 aromatic heterocycles. The van der Waals surface area contributed by atoms with E-state index in [9.17, 15) is 0 Å². The summed E-state index contributed by atoms with van der Waals surface area (Å²) in [6, 6.07) is 3.93. The lowest BCUT2D eigenvalue weighted by atomic mass is 10.2. The van der Waals surface area contributed by atoms with Crippen LogP contribution in [-0.2, 0) is 11.3 Å². The molecule has 7 heteroatoms. The number of aromatic nitrogens is 3. The minimum absolute atomic E-state index is 0.190. The predicted molar refractivity (Wildman–Crippen MR) is 96.5 cm³/mol. The monoisotopic (exact) mass is 347 g/mol. The van der Waals surface area contributed by atoms with Crippen molar-refractivity contribution in [2.45, 2.75) is 33.4 Å². The van der Waals surface area contributed by atoms with E-state index < -0.39 is 0 Å². The van der Waals surface area contributed by atoms with Crippen molar-refractivity contribution >= 4 is 17.2 Å². The molecule has 1 aliphatic heterocycles. The molecule has 0 bridgehead atoms. The van der Waals surface area contributed by atoms with Crippen molar-refractivity contribution in [2.75, 3.05) is 37.7 Å². The fourth-order valence-electron chi connectivity index (χ4n) is 3.05. The van der Waals surface area contributed by atoms with Crippen LogP contribution in [0.15, 0.2) is 18.3 Å². The summed E-state index contributed by atoms with van der Waals surface area (Å²) in [5.41, 5.74) is 1.16. The van der Waals surface area contributed by atoms with Gasteiger partial charge in [0.2, 0.25) is 0 Å². The summed E-state index contributed by atoms with van der Waals surface area (Å²) < 4.78 is 5.99. The highest BCUT2D eigenvalue weighted by molar-refractivity contribution is 7.11. The largest absolute Gasteiger partial charge is 0.374 e. The minimum Gasteiger partial charge on any atom is -0.374 e. The number of ether oxygens (including phenoxy) is 1. The van der Waals surface area contributed by atoms with Crippen LogP contribution in [0.3, 0.4) is 0 Å². The van der Waals surface area contributed by atoms with Gasteiger partial charge in [-0.2, -0.15) is 5.10 Å². The fourth-order valence-corrected chi connectivity index (χ4v) is 4.03. The first-order valence-corrected chi connectivity index (χ1v) is 9.27. The third kappa shape index (κ3) is 4.28. The Hall–Kier alpha value is -1.57. The summed E-state index contributed by atoms with van der Waals surface area (Å²) in [6.45, 7) is 11.7. The summed E-state index contributed by atoms with van der Waals surface area (Å²) in [7, 11) is 0. The van der Waals surface area contributed by atoms with Crippen LogP contribution in [0, 0.1) is 13.8 Å². The van der Waals surface area contributed by atoms with E-state index in [0.29, 0.717) is 0 Å². The van der Waals surface area contributed by atoms with Gasteiger partial charge in [0.05, 0.1) is 23.4 Å². The van der Waals surface area contributed by atoms with Crippen molar-refractivity contribution < 1.29 is 4.74 Å². The van der Waals surface area contributed by atoms with Gasteiger partial charge in [-0.15, -0.1) is 16.4 Å². The Morgan fingerprint density at radius 3 is 2.96 bits per heavy atom. The molecular weight excluding hydrogens is 322 g/mol. The standard InChI is InChI=1S/C17H25N5OS/c1-4-22(17-6-5-7-18-20-17)11-15-10-21(8-9-23-15)12-16-13(2)19-14(3)24-16/h5-7,15H,4,8-12H2,1-3H3. The Bertz CT molecular complexity index is 648. The molecule has 0 amide bonds. The van der Waals surface area contributed by atoms with Gasteiger partial charge >= 0.3 is 0 Å². The Morgan fingerprint density at radius 2 is 2.29 bits per heavy atom. The van der Waals surface area contributed by atoms with Gasteiger partial charge in [-0.3, -0.25) is 4.90 Å². The van der Waals surface area contributed by atoms with Crippen LogP contribution in [0.1, 0.15) is 22.5 Å². The summed E-state index contributed by atoms with van der Waals surface area (Å²) >= 11 is 1.80. The molecule has 1 saturated heterocycles. The molecule has 0 saturated carbocycles. The lowest BCUT2D eigenvalue weighted by molar-refractivity contribution is -0.0266. The molecule has 0 spiro atoms. The Morgan fingerprint density at radius 1 is 1.42 bits per heavy atom. The van der Waals surface area contributed by atoms with Crippen molar-refractivity contribution in [3.8, 4) is 0 Å². The molecule has 3 rings (SSSR count). The highest BCUT2D eigenvalue weighted by Crippen LogP contribution is 2.21. The van der Waals surface area contributed by atoms with Gasteiger partial charge in [0, 0.05) is 43.8 Å². The molecule has 2 aromatic rings. The molecule has 6 nitrogen and oxygen atoms in total. The number of likely N-dealkylation sites (N-methyl/N-ethyl adjacent to an activating group) is 1. The zero-order valence-electron chi connectivity index (χ0n) is 14.6. The van der Waals surface area contributed by atoms with E-state index in [4.69, 9.17) is 4.74 Å². The minimum atomic E-state index is 0.190. The second-order valence-corrected chi connectivity index (χ2v) is 7.38. The van der Waals surface area contributed by atoms with Crippen LogP contribution < -0.4 is 4.90 Å².